The van der Waals surface area contributed by atoms with E-state index in [2.05, 4.69) is 5.32 Å². The first-order valence-electron chi connectivity index (χ1n) is 8.17. The zero-order valence-corrected chi connectivity index (χ0v) is 14.1. The van der Waals surface area contributed by atoms with Crippen LogP contribution in [0.3, 0.4) is 0 Å². The Labute approximate surface area is 141 Å². The summed E-state index contributed by atoms with van der Waals surface area (Å²) in [5, 5.41) is 12.1. The number of rotatable bonds is 6. The van der Waals surface area contributed by atoms with E-state index in [0.29, 0.717) is 13.0 Å². The van der Waals surface area contributed by atoms with Crippen LogP contribution in [-0.2, 0) is 20.8 Å². The lowest BCUT2D eigenvalue weighted by atomic mass is 9.76. The predicted molar refractivity (Wildman–Crippen MR) is 89.3 cm³/mol. The maximum absolute atomic E-state index is 12.3. The Morgan fingerprint density at radius 3 is 2.46 bits per heavy atom. The Bertz CT molecular complexity index is 615. The van der Waals surface area contributed by atoms with Gasteiger partial charge in [-0.15, -0.1) is 0 Å². The van der Waals surface area contributed by atoms with Gasteiger partial charge in [-0.3, -0.25) is 14.4 Å². The molecule has 0 aliphatic carbocycles. The molecular weight excluding hydrogens is 308 g/mol. The average Bonchev–Trinajstić information content (AvgIpc) is 3.00. The van der Waals surface area contributed by atoms with Gasteiger partial charge in [-0.25, -0.2) is 0 Å². The van der Waals surface area contributed by atoms with Gasteiger partial charge in [-0.1, -0.05) is 44.2 Å². The number of likely N-dealkylation sites (tertiary alicyclic amines) is 1. The SMILES string of the molecule is CC(C)C1(C(=O)O)CCN(C(=O)CNC(=O)Cc2ccccc2)C1. The fourth-order valence-corrected chi connectivity index (χ4v) is 3.07. The van der Waals surface area contributed by atoms with Crippen LogP contribution in [0.1, 0.15) is 25.8 Å². The van der Waals surface area contributed by atoms with E-state index in [1.807, 2.05) is 44.2 Å². The van der Waals surface area contributed by atoms with Crippen LogP contribution < -0.4 is 5.32 Å². The number of amides is 2. The highest BCUT2D eigenvalue weighted by molar-refractivity contribution is 5.86. The number of hydrogen-bond acceptors (Lipinski definition) is 3. The van der Waals surface area contributed by atoms with Gasteiger partial charge in [0.2, 0.25) is 11.8 Å². The van der Waals surface area contributed by atoms with E-state index in [0.717, 1.165) is 5.56 Å². The number of nitrogens with one attached hydrogen (secondary N) is 1. The first kappa shape index (κ1) is 18.0. The van der Waals surface area contributed by atoms with Gasteiger partial charge in [-0.2, -0.15) is 0 Å². The molecule has 1 saturated heterocycles. The van der Waals surface area contributed by atoms with Gasteiger partial charge < -0.3 is 15.3 Å². The summed E-state index contributed by atoms with van der Waals surface area (Å²) in [7, 11) is 0. The average molecular weight is 332 g/mol. The lowest BCUT2D eigenvalue weighted by Gasteiger charge is -2.28. The second kappa shape index (κ2) is 7.47. The molecule has 1 fully saturated rings. The van der Waals surface area contributed by atoms with E-state index in [1.54, 1.807) is 0 Å². The minimum Gasteiger partial charge on any atom is -0.481 e. The molecule has 1 atom stereocenters. The fraction of sp³-hybridized carbons (Fsp3) is 0.500. The quantitative estimate of drug-likeness (QED) is 0.822. The van der Waals surface area contributed by atoms with E-state index in [-0.39, 0.29) is 37.2 Å². The van der Waals surface area contributed by atoms with Gasteiger partial charge in [0.05, 0.1) is 18.4 Å². The summed E-state index contributed by atoms with van der Waals surface area (Å²) in [6, 6.07) is 9.30. The molecule has 2 N–H and O–H groups in total. The molecule has 1 aromatic carbocycles. The van der Waals surface area contributed by atoms with E-state index in [9.17, 15) is 19.5 Å². The maximum Gasteiger partial charge on any atom is 0.311 e. The third-order valence-corrected chi connectivity index (χ3v) is 4.83. The highest BCUT2D eigenvalue weighted by atomic mass is 16.4. The van der Waals surface area contributed by atoms with Crippen molar-refractivity contribution in [2.24, 2.45) is 11.3 Å². The van der Waals surface area contributed by atoms with Crippen molar-refractivity contribution in [3.63, 3.8) is 0 Å². The number of aliphatic carboxylic acids is 1. The number of nitrogens with zero attached hydrogens (tertiary/aromatic N) is 1. The molecular formula is C18H24N2O4. The van der Waals surface area contributed by atoms with Crippen LogP contribution in [0.5, 0.6) is 0 Å². The van der Waals surface area contributed by atoms with E-state index in [4.69, 9.17) is 0 Å². The molecule has 1 heterocycles. The molecule has 0 spiro atoms. The zero-order valence-electron chi connectivity index (χ0n) is 14.1. The van der Waals surface area contributed by atoms with Crippen LogP contribution in [0.4, 0.5) is 0 Å². The van der Waals surface area contributed by atoms with E-state index < -0.39 is 11.4 Å². The lowest BCUT2D eigenvalue weighted by Crippen LogP contribution is -2.43. The molecule has 24 heavy (non-hydrogen) atoms. The van der Waals surface area contributed by atoms with Gasteiger partial charge in [0.25, 0.3) is 0 Å². The van der Waals surface area contributed by atoms with Crippen LogP contribution in [0.2, 0.25) is 0 Å². The third kappa shape index (κ3) is 3.93. The molecule has 1 aromatic rings. The monoisotopic (exact) mass is 332 g/mol. The molecule has 2 rings (SSSR count). The molecule has 2 amide bonds. The van der Waals surface area contributed by atoms with Gasteiger partial charge >= 0.3 is 5.97 Å². The summed E-state index contributed by atoms with van der Waals surface area (Å²) in [5.74, 6) is -1.37. The normalized spacial score (nSPS) is 20.2. The van der Waals surface area contributed by atoms with Crippen molar-refractivity contribution in [3.05, 3.63) is 35.9 Å². The molecule has 6 nitrogen and oxygen atoms in total. The number of carboxylic acid groups (broad SMARTS) is 1. The number of carbonyl (C=O) groups is 3. The summed E-state index contributed by atoms with van der Waals surface area (Å²) >= 11 is 0. The summed E-state index contributed by atoms with van der Waals surface area (Å²) in [5.41, 5.74) is -0.00250. The van der Waals surface area contributed by atoms with Crippen molar-refractivity contribution in [1.82, 2.24) is 10.2 Å². The lowest BCUT2D eigenvalue weighted by molar-refractivity contribution is -0.151. The summed E-state index contributed by atoms with van der Waals surface area (Å²) in [4.78, 5) is 37.3. The van der Waals surface area contributed by atoms with Gasteiger partial charge in [-0.05, 0) is 17.9 Å². The Morgan fingerprint density at radius 1 is 1.25 bits per heavy atom. The molecule has 130 valence electrons. The van der Waals surface area contributed by atoms with Crippen molar-refractivity contribution in [3.8, 4) is 0 Å². The summed E-state index contributed by atoms with van der Waals surface area (Å²) in [6.45, 7) is 4.25. The molecule has 1 aliphatic heterocycles. The standard InChI is InChI=1S/C18H24N2O4/c1-13(2)18(17(23)24)8-9-20(12-18)16(22)11-19-15(21)10-14-6-4-3-5-7-14/h3-7,13H,8-12H2,1-2H3,(H,19,21)(H,23,24). The molecule has 0 saturated carbocycles. The van der Waals surface area contributed by atoms with Crippen molar-refractivity contribution in [2.75, 3.05) is 19.6 Å². The van der Waals surface area contributed by atoms with Crippen LogP contribution in [0, 0.1) is 11.3 Å². The van der Waals surface area contributed by atoms with Crippen LogP contribution in [-0.4, -0.2) is 47.4 Å². The van der Waals surface area contributed by atoms with Crippen LogP contribution in [0.15, 0.2) is 30.3 Å². The topological polar surface area (TPSA) is 86.7 Å². The molecule has 0 aromatic heterocycles. The second-order valence-electron chi connectivity index (χ2n) is 6.62. The summed E-state index contributed by atoms with van der Waals surface area (Å²) in [6.07, 6.45) is 0.670. The molecule has 0 radical (unpaired) electrons. The van der Waals surface area contributed by atoms with Crippen molar-refractivity contribution in [2.45, 2.75) is 26.7 Å². The molecule has 6 heteroatoms. The van der Waals surface area contributed by atoms with Crippen LogP contribution in [0.25, 0.3) is 0 Å². The zero-order chi connectivity index (χ0) is 17.7. The fourth-order valence-electron chi connectivity index (χ4n) is 3.07. The van der Waals surface area contributed by atoms with Gasteiger partial charge in [0.15, 0.2) is 0 Å². The third-order valence-electron chi connectivity index (χ3n) is 4.83. The van der Waals surface area contributed by atoms with Gasteiger partial charge in [0.1, 0.15) is 0 Å². The van der Waals surface area contributed by atoms with E-state index >= 15 is 0 Å². The molecule has 0 bridgehead atoms. The Hall–Kier alpha value is -2.37. The Kier molecular flexibility index (Phi) is 5.59. The first-order chi connectivity index (χ1) is 11.3. The largest absolute Gasteiger partial charge is 0.481 e. The van der Waals surface area contributed by atoms with Gasteiger partial charge in [0, 0.05) is 13.1 Å². The van der Waals surface area contributed by atoms with Crippen molar-refractivity contribution >= 4 is 17.8 Å². The number of carboxylic acids is 1. The minimum atomic E-state index is -0.885. The highest BCUT2D eigenvalue weighted by Crippen LogP contribution is 2.38. The predicted octanol–water partition coefficient (Wildman–Crippen LogP) is 1.30. The smallest absolute Gasteiger partial charge is 0.311 e. The molecule has 1 unspecified atom stereocenters. The van der Waals surface area contributed by atoms with Crippen molar-refractivity contribution < 1.29 is 19.5 Å². The minimum absolute atomic E-state index is 0.0551. The number of carbonyl (C=O) groups excluding carboxylic acids is 2. The molecule has 1 aliphatic rings. The number of benzene rings is 1. The Morgan fingerprint density at radius 2 is 1.92 bits per heavy atom. The number of hydrogen-bond donors (Lipinski definition) is 2. The van der Waals surface area contributed by atoms with Crippen molar-refractivity contribution in [1.29, 1.82) is 0 Å². The maximum atomic E-state index is 12.3. The highest BCUT2D eigenvalue weighted by Gasteiger charge is 2.48. The second-order valence-corrected chi connectivity index (χ2v) is 6.62. The first-order valence-corrected chi connectivity index (χ1v) is 8.17. The summed E-state index contributed by atoms with van der Waals surface area (Å²) < 4.78 is 0. The Balaban J connectivity index is 1.85. The van der Waals surface area contributed by atoms with E-state index in [1.165, 1.54) is 4.90 Å². The van der Waals surface area contributed by atoms with Crippen LogP contribution >= 0.6 is 0 Å².